The van der Waals surface area contributed by atoms with Crippen molar-refractivity contribution < 1.29 is 0 Å². The van der Waals surface area contributed by atoms with E-state index in [0.717, 1.165) is 34.1 Å². The summed E-state index contributed by atoms with van der Waals surface area (Å²) >= 11 is 0. The van der Waals surface area contributed by atoms with Crippen LogP contribution < -0.4 is 51.3 Å². The Morgan fingerprint density at radius 1 is 0.198 bits per heavy atom. The number of rotatable bonds is 16. The Kier molecular flexibility index (Phi) is 15.8. The van der Waals surface area contributed by atoms with Gasteiger partial charge in [-0.15, -0.1) is 0 Å². The first kappa shape index (κ1) is 59.8. The van der Waals surface area contributed by atoms with Crippen LogP contribution in [0.1, 0.15) is 50.7 Å². The van der Waals surface area contributed by atoms with Crippen molar-refractivity contribution in [1.29, 1.82) is 0 Å². The highest BCUT2D eigenvalue weighted by Crippen LogP contribution is 2.49. The van der Waals surface area contributed by atoms with E-state index in [4.69, 9.17) is 0 Å². The van der Waals surface area contributed by atoms with E-state index >= 15 is 0 Å². The molecule has 0 N–H and O–H groups in total. The van der Waals surface area contributed by atoms with E-state index in [2.05, 4.69) is 401 Å². The van der Waals surface area contributed by atoms with E-state index in [0.29, 0.717) is 5.92 Å². The lowest BCUT2D eigenvalue weighted by Crippen LogP contribution is -2.74. The van der Waals surface area contributed by atoms with Crippen molar-refractivity contribution in [1.82, 2.24) is 0 Å². The average Bonchev–Trinajstić information content (AvgIpc) is 0.736. The summed E-state index contributed by atoms with van der Waals surface area (Å²) in [5, 5.41) is 22.8. The first-order chi connectivity index (χ1) is 47.3. The maximum atomic E-state index is 2.57. The van der Waals surface area contributed by atoms with E-state index < -0.39 is 16.1 Å². The third-order valence-corrected chi connectivity index (χ3v) is 29.9. The Bertz CT molecular complexity index is 5250. The van der Waals surface area contributed by atoms with Crippen molar-refractivity contribution >= 4 is 146 Å². The SMILES string of the molecule is CC(C)c1ccc2c(N(c3ccc([Si](c4ccccc4)(c4ccccc4)c4ccccc4)cc3)c3cccc4ccccc34)cc3c4cc(C(C)C)cc(N(c5ccc([Si](c6ccccc6)(c6ccccc6)c6ccccc6)cc5)c5cccc6ccccc56)c4ccc3c2c1. The molecule has 0 radical (unpaired) electrons. The van der Waals surface area contributed by atoms with Crippen molar-refractivity contribution in [3.63, 3.8) is 0 Å². The summed E-state index contributed by atoms with van der Waals surface area (Å²) in [6.45, 7) is 9.33. The van der Waals surface area contributed by atoms with Crippen LogP contribution in [0.25, 0.3) is 53.9 Å². The second-order valence-electron chi connectivity index (χ2n) is 26.3. The van der Waals surface area contributed by atoms with Gasteiger partial charge < -0.3 is 9.80 Å². The normalized spacial score (nSPS) is 11.9. The van der Waals surface area contributed by atoms with Crippen LogP contribution in [-0.4, -0.2) is 16.1 Å². The smallest absolute Gasteiger partial charge is 0.179 e. The third-order valence-electron chi connectivity index (χ3n) is 20.3. The molecule has 460 valence electrons. The van der Waals surface area contributed by atoms with E-state index in [-0.39, 0.29) is 5.92 Å². The van der Waals surface area contributed by atoms with Crippen LogP contribution in [-0.2, 0) is 0 Å². The fourth-order valence-corrected chi connectivity index (χ4v) is 25.1. The third kappa shape index (κ3) is 10.2. The fraction of sp³-hybridized carbons (Fsp3) is 0.0652. The summed E-state index contributed by atoms with van der Waals surface area (Å²) < 4.78 is 0. The van der Waals surface area contributed by atoms with Crippen LogP contribution in [0.4, 0.5) is 34.1 Å². The van der Waals surface area contributed by atoms with Crippen molar-refractivity contribution in [2.45, 2.75) is 39.5 Å². The molecule has 4 heteroatoms. The summed E-state index contributed by atoms with van der Waals surface area (Å²) in [5.74, 6) is 0.533. The molecule has 0 aromatic heterocycles. The Morgan fingerprint density at radius 3 is 0.875 bits per heavy atom. The molecule has 0 aliphatic rings. The van der Waals surface area contributed by atoms with Crippen LogP contribution >= 0.6 is 0 Å². The minimum Gasteiger partial charge on any atom is -0.309 e. The maximum absolute atomic E-state index is 2.86. The Labute approximate surface area is 566 Å². The van der Waals surface area contributed by atoms with E-state index in [9.17, 15) is 0 Å². The summed E-state index contributed by atoms with van der Waals surface area (Å²) in [6, 6.07) is 138. The molecule has 0 fully saturated rings. The Balaban J connectivity index is 0.959. The number of anilines is 6. The molecule has 16 aromatic rings. The first-order valence-corrected chi connectivity index (χ1v) is 37.9. The van der Waals surface area contributed by atoms with Crippen LogP contribution in [0.3, 0.4) is 0 Å². The summed E-state index contributed by atoms with van der Waals surface area (Å²) in [4.78, 5) is 5.13. The zero-order valence-corrected chi connectivity index (χ0v) is 56.7. The van der Waals surface area contributed by atoms with Gasteiger partial charge in [-0.1, -0.05) is 343 Å². The van der Waals surface area contributed by atoms with Crippen molar-refractivity contribution in [3.05, 3.63) is 375 Å². The van der Waals surface area contributed by atoms with E-state index in [1.807, 2.05) is 0 Å². The van der Waals surface area contributed by atoms with Crippen LogP contribution in [0.15, 0.2) is 364 Å². The molecule has 16 rings (SSSR count). The van der Waals surface area contributed by atoms with Gasteiger partial charge in [0.1, 0.15) is 0 Å². The van der Waals surface area contributed by atoms with Gasteiger partial charge in [-0.05, 0) is 145 Å². The molecular weight excluding hydrogens is 1190 g/mol. The van der Waals surface area contributed by atoms with Gasteiger partial charge in [0.15, 0.2) is 16.1 Å². The van der Waals surface area contributed by atoms with Gasteiger partial charge in [0.05, 0.1) is 22.7 Å². The lowest BCUT2D eigenvalue weighted by atomic mass is 9.89. The van der Waals surface area contributed by atoms with Crippen molar-refractivity contribution in [2.24, 2.45) is 0 Å². The van der Waals surface area contributed by atoms with Crippen LogP contribution in [0.2, 0.25) is 0 Å². The largest absolute Gasteiger partial charge is 0.309 e. The highest BCUT2D eigenvalue weighted by molar-refractivity contribution is 7.20. The number of benzene rings is 16. The second-order valence-corrected chi connectivity index (χ2v) is 33.9. The number of fused-ring (bicyclic) bond motifs is 7. The minimum atomic E-state index is -2.86. The monoisotopic (exact) mass is 1260 g/mol. The van der Waals surface area contributed by atoms with Gasteiger partial charge in [-0.2, -0.15) is 0 Å². The molecule has 0 amide bonds. The number of hydrogen-bond donors (Lipinski definition) is 0. The Morgan fingerprint density at radius 2 is 0.490 bits per heavy atom. The zero-order chi connectivity index (χ0) is 64.7. The molecule has 0 aliphatic heterocycles. The number of nitrogens with zero attached hydrogens (tertiary/aromatic N) is 2. The molecule has 0 unspecified atom stereocenters. The minimum absolute atomic E-state index is 0.214. The highest BCUT2D eigenvalue weighted by atomic mass is 28.3. The van der Waals surface area contributed by atoms with E-state index in [1.165, 1.54) is 106 Å². The molecule has 0 bridgehead atoms. The molecular formula is C92H74N2Si2. The van der Waals surface area contributed by atoms with Crippen LogP contribution in [0, 0.1) is 0 Å². The molecule has 0 heterocycles. The molecule has 0 spiro atoms. The molecule has 0 atom stereocenters. The fourth-order valence-electron chi connectivity index (χ4n) is 15.6. The quantitative estimate of drug-likeness (QED) is 0.0540. The highest BCUT2D eigenvalue weighted by Gasteiger charge is 2.43. The van der Waals surface area contributed by atoms with Crippen molar-refractivity contribution in [3.8, 4) is 0 Å². The summed E-state index contributed by atoms with van der Waals surface area (Å²) in [6.07, 6.45) is 0. The predicted octanol–water partition coefficient (Wildman–Crippen LogP) is 19.4. The maximum Gasteiger partial charge on any atom is 0.179 e. The number of hydrogen-bond acceptors (Lipinski definition) is 2. The standard InChI is InChI=1S/C92H74N2Si2/c1-65(2)69-49-58-84-86(61-69)83-59-60-85-87(88(83)64-92(84)94(90-48-28-32-68-30-24-26-46-82(68)90)72-52-56-80(57-53-72)96(76-39-17-8-18-40-76,77-41-19-9-20-42-77)78-43-21-10-22-44-78)62-70(66(3)4)63-91(85)93(89-47-27-31-67-29-23-25-45-81(67)89)71-50-54-79(55-51-71)95(73-33-11-5-12-34-73,74-35-13-6-14-36-74)75-37-15-7-16-38-75/h5-66H,1-4H3. The average molecular weight is 1260 g/mol. The van der Waals surface area contributed by atoms with Gasteiger partial charge in [0.25, 0.3) is 0 Å². The zero-order valence-electron chi connectivity index (χ0n) is 54.7. The molecule has 0 saturated heterocycles. The topological polar surface area (TPSA) is 6.48 Å². The Hall–Kier alpha value is -11.1. The van der Waals surface area contributed by atoms with Gasteiger partial charge in [-0.3, -0.25) is 0 Å². The summed E-state index contributed by atoms with van der Waals surface area (Å²) in [5.41, 5.74) is 9.30. The molecule has 16 aromatic carbocycles. The molecule has 0 aliphatic carbocycles. The first-order valence-electron chi connectivity index (χ1n) is 33.9. The van der Waals surface area contributed by atoms with Gasteiger partial charge >= 0.3 is 0 Å². The van der Waals surface area contributed by atoms with Gasteiger partial charge in [-0.25, -0.2) is 0 Å². The second kappa shape index (κ2) is 25.3. The molecule has 0 saturated carbocycles. The lowest BCUT2D eigenvalue weighted by Gasteiger charge is -2.35. The van der Waals surface area contributed by atoms with Gasteiger partial charge in [0.2, 0.25) is 0 Å². The summed E-state index contributed by atoms with van der Waals surface area (Å²) in [7, 11) is -5.70. The van der Waals surface area contributed by atoms with E-state index in [1.54, 1.807) is 0 Å². The van der Waals surface area contributed by atoms with Gasteiger partial charge in [0, 0.05) is 32.9 Å². The van der Waals surface area contributed by atoms with Crippen LogP contribution in [0.5, 0.6) is 0 Å². The molecule has 96 heavy (non-hydrogen) atoms. The van der Waals surface area contributed by atoms with Crippen molar-refractivity contribution in [2.75, 3.05) is 9.80 Å². The lowest BCUT2D eigenvalue weighted by molar-refractivity contribution is 0.868. The predicted molar refractivity (Wildman–Crippen MR) is 419 cm³/mol. The molecule has 2 nitrogen and oxygen atoms in total.